The number of carbonyl (C=O) groups is 3. The lowest BCUT2D eigenvalue weighted by Gasteiger charge is -2.13. The van der Waals surface area contributed by atoms with Crippen LogP contribution >= 0.6 is 0 Å². The van der Waals surface area contributed by atoms with Gasteiger partial charge in [0.2, 0.25) is 5.91 Å². The van der Waals surface area contributed by atoms with Gasteiger partial charge in [-0.15, -0.1) is 0 Å². The third-order valence-corrected chi connectivity index (χ3v) is 4.30. The summed E-state index contributed by atoms with van der Waals surface area (Å²) in [7, 11) is 0. The zero-order chi connectivity index (χ0) is 21.0. The summed E-state index contributed by atoms with van der Waals surface area (Å²) < 4.78 is 10.7. The van der Waals surface area contributed by atoms with Crippen LogP contribution in [-0.4, -0.2) is 23.9 Å². The second-order valence-electron chi connectivity index (χ2n) is 6.82. The first-order valence-electron chi connectivity index (χ1n) is 9.16. The second kappa shape index (κ2) is 8.60. The highest BCUT2D eigenvalue weighted by Crippen LogP contribution is 2.23. The molecule has 7 nitrogen and oxygen atoms in total. The van der Waals surface area contributed by atoms with E-state index >= 15 is 0 Å². The minimum atomic E-state index is -0.960. The highest BCUT2D eigenvalue weighted by atomic mass is 16.5. The average Bonchev–Trinajstić information content (AvgIpc) is 3.04. The molecule has 0 aliphatic rings. The van der Waals surface area contributed by atoms with Crippen LogP contribution in [0, 0.1) is 6.92 Å². The maximum absolute atomic E-state index is 12.3. The third kappa shape index (κ3) is 5.22. The SMILES string of the molecule is CC(=O)Nc1ccc(NC(=O)[C@H](C)OC(=O)Cc2coc3cc(C)ccc23)cc1. The smallest absolute Gasteiger partial charge is 0.311 e. The van der Waals surface area contributed by atoms with Gasteiger partial charge in [0.1, 0.15) is 5.58 Å². The highest BCUT2D eigenvalue weighted by Gasteiger charge is 2.19. The molecule has 0 saturated carbocycles. The van der Waals surface area contributed by atoms with Crippen molar-refractivity contribution in [1.82, 2.24) is 0 Å². The lowest BCUT2D eigenvalue weighted by molar-refractivity contribution is -0.152. The van der Waals surface area contributed by atoms with Gasteiger partial charge in [-0.3, -0.25) is 14.4 Å². The number of carbonyl (C=O) groups excluding carboxylic acids is 3. The Hall–Kier alpha value is -3.61. The van der Waals surface area contributed by atoms with Gasteiger partial charge in [0.25, 0.3) is 5.91 Å². The number of nitrogens with one attached hydrogen (secondary N) is 2. The quantitative estimate of drug-likeness (QED) is 0.620. The van der Waals surface area contributed by atoms with Crippen LogP contribution in [0.3, 0.4) is 0 Å². The Morgan fingerprint density at radius 3 is 2.34 bits per heavy atom. The summed E-state index contributed by atoms with van der Waals surface area (Å²) in [4.78, 5) is 35.6. The summed E-state index contributed by atoms with van der Waals surface area (Å²) >= 11 is 0. The Balaban J connectivity index is 1.55. The third-order valence-electron chi connectivity index (χ3n) is 4.30. The van der Waals surface area contributed by atoms with E-state index in [1.54, 1.807) is 24.3 Å². The van der Waals surface area contributed by atoms with Crippen LogP contribution in [0.2, 0.25) is 0 Å². The summed E-state index contributed by atoms with van der Waals surface area (Å²) in [6.07, 6.45) is 0.587. The number of aryl methyl sites for hydroxylation is 1. The van der Waals surface area contributed by atoms with Crippen LogP contribution < -0.4 is 10.6 Å². The lowest BCUT2D eigenvalue weighted by Crippen LogP contribution is -2.30. The van der Waals surface area contributed by atoms with Crippen molar-refractivity contribution in [3.05, 3.63) is 59.9 Å². The molecule has 29 heavy (non-hydrogen) atoms. The van der Waals surface area contributed by atoms with E-state index in [1.807, 2.05) is 25.1 Å². The predicted molar refractivity (Wildman–Crippen MR) is 110 cm³/mol. The van der Waals surface area contributed by atoms with E-state index in [2.05, 4.69) is 10.6 Å². The molecule has 0 unspecified atom stereocenters. The number of benzene rings is 2. The summed E-state index contributed by atoms with van der Waals surface area (Å²) in [6, 6.07) is 12.4. The van der Waals surface area contributed by atoms with Crippen molar-refractivity contribution in [3.63, 3.8) is 0 Å². The molecule has 0 saturated heterocycles. The summed E-state index contributed by atoms with van der Waals surface area (Å²) in [5, 5.41) is 6.17. The maximum Gasteiger partial charge on any atom is 0.311 e. The van der Waals surface area contributed by atoms with E-state index in [1.165, 1.54) is 20.1 Å². The van der Waals surface area contributed by atoms with Crippen LogP contribution in [0.4, 0.5) is 11.4 Å². The van der Waals surface area contributed by atoms with E-state index in [-0.39, 0.29) is 12.3 Å². The maximum atomic E-state index is 12.3. The van der Waals surface area contributed by atoms with Crippen LogP contribution in [0.25, 0.3) is 11.0 Å². The fourth-order valence-electron chi connectivity index (χ4n) is 2.86. The van der Waals surface area contributed by atoms with Gasteiger partial charge in [-0.25, -0.2) is 0 Å². The molecule has 7 heteroatoms. The summed E-state index contributed by atoms with van der Waals surface area (Å²) in [5.41, 5.74) is 3.64. The zero-order valence-electron chi connectivity index (χ0n) is 16.4. The molecule has 2 aromatic carbocycles. The normalized spacial score (nSPS) is 11.7. The number of furan rings is 1. The first-order chi connectivity index (χ1) is 13.8. The van der Waals surface area contributed by atoms with Crippen LogP contribution in [0.15, 0.2) is 53.1 Å². The Morgan fingerprint density at radius 2 is 1.69 bits per heavy atom. The molecule has 0 spiro atoms. The van der Waals surface area contributed by atoms with Gasteiger partial charge in [0.05, 0.1) is 12.7 Å². The number of fused-ring (bicyclic) bond motifs is 1. The minimum absolute atomic E-state index is 0.0130. The molecular formula is C22H22N2O5. The molecule has 0 fully saturated rings. The Kier molecular flexibility index (Phi) is 5.97. The highest BCUT2D eigenvalue weighted by molar-refractivity contribution is 5.96. The van der Waals surface area contributed by atoms with Crippen molar-refractivity contribution in [1.29, 1.82) is 0 Å². The van der Waals surface area contributed by atoms with Gasteiger partial charge < -0.3 is 19.8 Å². The molecule has 1 atom stereocenters. The molecule has 2 amide bonds. The molecular weight excluding hydrogens is 372 g/mol. The van der Waals surface area contributed by atoms with Crippen LogP contribution in [0.5, 0.6) is 0 Å². The van der Waals surface area contributed by atoms with Gasteiger partial charge in [-0.05, 0) is 49.7 Å². The van der Waals surface area contributed by atoms with Crippen LogP contribution in [0.1, 0.15) is 25.0 Å². The van der Waals surface area contributed by atoms with Gasteiger partial charge >= 0.3 is 5.97 Å². The topological polar surface area (TPSA) is 97.6 Å². The monoisotopic (exact) mass is 394 g/mol. The standard InChI is InChI=1S/C22H22N2O5/c1-13-4-9-19-16(12-28-20(19)10-13)11-21(26)29-14(2)22(27)24-18-7-5-17(6-8-18)23-15(3)25/h4-10,12,14H,11H2,1-3H3,(H,23,25)(H,24,27)/t14-/m0/s1. The second-order valence-corrected chi connectivity index (χ2v) is 6.82. The molecule has 1 aromatic heterocycles. The summed E-state index contributed by atoms with van der Waals surface area (Å²) in [6.45, 7) is 4.89. The zero-order valence-corrected chi connectivity index (χ0v) is 16.4. The lowest BCUT2D eigenvalue weighted by atomic mass is 10.1. The number of ether oxygens (including phenoxy) is 1. The van der Waals surface area contributed by atoms with Gasteiger partial charge in [-0.1, -0.05) is 12.1 Å². The minimum Gasteiger partial charge on any atom is -0.464 e. The largest absolute Gasteiger partial charge is 0.464 e. The predicted octanol–water partition coefficient (Wildman–Crippen LogP) is 3.81. The summed E-state index contributed by atoms with van der Waals surface area (Å²) in [5.74, 6) is -1.14. The van der Waals surface area contributed by atoms with Crippen molar-refractivity contribution < 1.29 is 23.5 Å². The molecule has 0 aliphatic heterocycles. The Labute approximate surface area is 168 Å². The van der Waals surface area contributed by atoms with Crippen molar-refractivity contribution in [3.8, 4) is 0 Å². The first-order valence-corrected chi connectivity index (χ1v) is 9.16. The molecule has 150 valence electrons. The average molecular weight is 394 g/mol. The molecule has 3 rings (SSSR count). The van der Waals surface area contributed by atoms with Gasteiger partial charge in [0.15, 0.2) is 6.10 Å². The van der Waals surface area contributed by atoms with Crippen molar-refractivity contribution in [2.24, 2.45) is 0 Å². The molecule has 1 heterocycles. The van der Waals surface area contributed by atoms with Crippen molar-refractivity contribution >= 4 is 40.1 Å². The van der Waals surface area contributed by atoms with Gasteiger partial charge in [0, 0.05) is 29.2 Å². The van der Waals surface area contributed by atoms with E-state index in [0.29, 0.717) is 22.5 Å². The number of amides is 2. The van der Waals surface area contributed by atoms with Crippen molar-refractivity contribution in [2.75, 3.05) is 10.6 Å². The van der Waals surface area contributed by atoms with Gasteiger partial charge in [-0.2, -0.15) is 0 Å². The molecule has 2 N–H and O–H groups in total. The first kappa shape index (κ1) is 20.1. The number of anilines is 2. The van der Waals surface area contributed by atoms with Crippen molar-refractivity contribution in [2.45, 2.75) is 33.3 Å². The number of hydrogen-bond acceptors (Lipinski definition) is 5. The molecule has 0 bridgehead atoms. The number of esters is 1. The van der Waals surface area contributed by atoms with E-state index in [4.69, 9.17) is 9.15 Å². The fourth-order valence-corrected chi connectivity index (χ4v) is 2.86. The number of hydrogen-bond donors (Lipinski definition) is 2. The number of rotatable bonds is 6. The van der Waals surface area contributed by atoms with E-state index in [9.17, 15) is 14.4 Å². The van der Waals surface area contributed by atoms with E-state index in [0.717, 1.165) is 10.9 Å². The van der Waals surface area contributed by atoms with E-state index < -0.39 is 18.0 Å². The van der Waals surface area contributed by atoms with Crippen LogP contribution in [-0.2, 0) is 25.5 Å². The molecule has 3 aromatic rings. The Morgan fingerprint density at radius 1 is 1.03 bits per heavy atom. The fraction of sp³-hybridized carbons (Fsp3) is 0.227. The molecule has 0 radical (unpaired) electrons. The molecule has 0 aliphatic carbocycles. The Bertz CT molecular complexity index is 1050.